The number of nitrogens with zero attached hydrogens (tertiary/aromatic N) is 2. The number of nitriles is 1. The van der Waals surface area contributed by atoms with Crippen LogP contribution in [0.2, 0.25) is 0 Å². The summed E-state index contributed by atoms with van der Waals surface area (Å²) < 4.78 is 0. The number of anilines is 1. The van der Waals surface area contributed by atoms with Gasteiger partial charge in [-0.05, 0) is 44.7 Å². The highest BCUT2D eigenvalue weighted by atomic mass is 32.1. The van der Waals surface area contributed by atoms with E-state index in [-0.39, 0.29) is 24.9 Å². The second kappa shape index (κ2) is 6.69. The van der Waals surface area contributed by atoms with Gasteiger partial charge in [-0.3, -0.25) is 14.5 Å². The fourth-order valence-corrected chi connectivity index (χ4v) is 4.08. The summed E-state index contributed by atoms with van der Waals surface area (Å²) in [5.41, 5.74) is 1.72. The summed E-state index contributed by atoms with van der Waals surface area (Å²) in [5.74, 6) is -0.237. The van der Waals surface area contributed by atoms with Gasteiger partial charge in [0.05, 0.1) is 18.7 Å². The quantitative estimate of drug-likeness (QED) is 0.821. The molecule has 122 valence electrons. The van der Waals surface area contributed by atoms with E-state index in [1.807, 2.05) is 0 Å². The van der Waals surface area contributed by atoms with E-state index in [0.29, 0.717) is 16.6 Å². The molecular weight excluding hydrogens is 312 g/mol. The number of thiophene rings is 1. The van der Waals surface area contributed by atoms with Crippen molar-refractivity contribution in [3.8, 4) is 6.07 Å². The zero-order valence-corrected chi connectivity index (χ0v) is 14.0. The van der Waals surface area contributed by atoms with Crippen LogP contribution in [0.25, 0.3) is 0 Å². The summed E-state index contributed by atoms with van der Waals surface area (Å²) in [6, 6.07) is 2.54. The summed E-state index contributed by atoms with van der Waals surface area (Å²) in [5, 5.41) is 15.7. The molecular formula is C16H20N4O2S. The molecule has 1 saturated carbocycles. The molecule has 0 unspecified atom stereocenters. The van der Waals surface area contributed by atoms with Crippen LogP contribution in [0.5, 0.6) is 0 Å². The van der Waals surface area contributed by atoms with E-state index in [1.165, 1.54) is 16.2 Å². The molecule has 0 atom stereocenters. The number of hydrogen-bond acceptors (Lipinski definition) is 5. The normalized spacial score (nSPS) is 16.0. The molecule has 0 spiro atoms. The van der Waals surface area contributed by atoms with Crippen molar-refractivity contribution in [2.24, 2.45) is 0 Å². The van der Waals surface area contributed by atoms with Crippen molar-refractivity contribution in [3.05, 3.63) is 16.0 Å². The van der Waals surface area contributed by atoms with E-state index in [9.17, 15) is 14.9 Å². The smallest absolute Gasteiger partial charge is 0.239 e. The van der Waals surface area contributed by atoms with Crippen LogP contribution in [0.15, 0.2) is 0 Å². The third kappa shape index (κ3) is 3.89. The predicted octanol–water partition coefficient (Wildman–Crippen LogP) is 1.26. The predicted molar refractivity (Wildman–Crippen MR) is 88.4 cm³/mol. The highest BCUT2D eigenvalue weighted by molar-refractivity contribution is 7.16. The van der Waals surface area contributed by atoms with Crippen LogP contribution in [-0.2, 0) is 22.4 Å². The first-order valence-electron chi connectivity index (χ1n) is 7.89. The minimum atomic E-state index is -0.192. The molecule has 23 heavy (non-hydrogen) atoms. The standard InChI is InChI=1S/C16H20N4O2S/c1-20(8-14(21)18-10-5-6-10)9-15(22)19-16-12(7-17)11-3-2-4-13(11)23-16/h10H,2-6,8-9H2,1H3,(H,18,21)(H,19,22). The summed E-state index contributed by atoms with van der Waals surface area (Å²) in [6.45, 7) is 0.335. The van der Waals surface area contributed by atoms with E-state index >= 15 is 0 Å². The topological polar surface area (TPSA) is 85.2 Å². The Balaban J connectivity index is 1.53. The molecule has 0 radical (unpaired) electrons. The summed E-state index contributed by atoms with van der Waals surface area (Å²) in [6.07, 6.45) is 5.10. The third-order valence-electron chi connectivity index (χ3n) is 4.06. The van der Waals surface area contributed by atoms with Gasteiger partial charge in [-0.15, -0.1) is 11.3 Å². The van der Waals surface area contributed by atoms with Crippen LogP contribution in [0.4, 0.5) is 5.00 Å². The monoisotopic (exact) mass is 332 g/mol. The lowest BCUT2D eigenvalue weighted by atomic mass is 10.1. The van der Waals surface area contributed by atoms with Crippen molar-refractivity contribution in [1.29, 1.82) is 5.26 Å². The minimum Gasteiger partial charge on any atom is -0.352 e. The lowest BCUT2D eigenvalue weighted by Crippen LogP contribution is -2.39. The Morgan fingerprint density at radius 2 is 2.04 bits per heavy atom. The average Bonchev–Trinajstić information content (AvgIpc) is 3.05. The zero-order valence-electron chi connectivity index (χ0n) is 13.1. The number of nitrogens with one attached hydrogen (secondary N) is 2. The lowest BCUT2D eigenvalue weighted by molar-refractivity contribution is -0.123. The van der Waals surface area contributed by atoms with Crippen molar-refractivity contribution < 1.29 is 9.59 Å². The van der Waals surface area contributed by atoms with Gasteiger partial charge in [0.15, 0.2) is 0 Å². The highest BCUT2D eigenvalue weighted by Gasteiger charge is 2.25. The maximum atomic E-state index is 12.1. The number of amides is 2. The Morgan fingerprint density at radius 3 is 2.74 bits per heavy atom. The van der Waals surface area contributed by atoms with Gasteiger partial charge in [-0.1, -0.05) is 0 Å². The van der Waals surface area contributed by atoms with E-state index in [4.69, 9.17) is 0 Å². The molecule has 2 aliphatic rings. The van der Waals surface area contributed by atoms with E-state index in [2.05, 4.69) is 16.7 Å². The SMILES string of the molecule is CN(CC(=O)Nc1sc2c(c1C#N)CCC2)CC(=O)NC1CC1. The Hall–Kier alpha value is -1.91. The Bertz CT molecular complexity index is 672. The van der Waals surface area contributed by atoms with Crippen molar-refractivity contribution in [2.75, 3.05) is 25.5 Å². The third-order valence-corrected chi connectivity index (χ3v) is 5.26. The van der Waals surface area contributed by atoms with Crippen molar-refractivity contribution >= 4 is 28.2 Å². The van der Waals surface area contributed by atoms with Crippen LogP contribution in [-0.4, -0.2) is 42.9 Å². The fourth-order valence-electron chi connectivity index (χ4n) is 2.82. The van der Waals surface area contributed by atoms with Crippen LogP contribution in [0.3, 0.4) is 0 Å². The van der Waals surface area contributed by atoms with Gasteiger partial charge < -0.3 is 10.6 Å². The molecule has 6 nitrogen and oxygen atoms in total. The maximum Gasteiger partial charge on any atom is 0.239 e. The number of rotatable bonds is 6. The number of fused-ring (bicyclic) bond motifs is 1. The molecule has 2 aliphatic carbocycles. The molecule has 2 amide bonds. The van der Waals surface area contributed by atoms with Crippen LogP contribution in [0.1, 0.15) is 35.3 Å². The molecule has 3 rings (SSSR count). The van der Waals surface area contributed by atoms with Gasteiger partial charge in [0.1, 0.15) is 11.1 Å². The van der Waals surface area contributed by atoms with Crippen molar-refractivity contribution in [3.63, 3.8) is 0 Å². The number of likely N-dealkylation sites (N-methyl/N-ethyl adjacent to an activating group) is 1. The number of aryl methyl sites for hydroxylation is 1. The first-order chi connectivity index (χ1) is 11.1. The van der Waals surface area contributed by atoms with Gasteiger partial charge >= 0.3 is 0 Å². The average molecular weight is 332 g/mol. The van der Waals surface area contributed by atoms with Crippen LogP contribution in [0, 0.1) is 11.3 Å². The molecule has 2 N–H and O–H groups in total. The molecule has 7 heteroatoms. The van der Waals surface area contributed by atoms with Crippen molar-refractivity contribution in [2.45, 2.75) is 38.1 Å². The van der Waals surface area contributed by atoms with Crippen molar-refractivity contribution in [1.82, 2.24) is 10.2 Å². The molecule has 0 aliphatic heterocycles. The summed E-state index contributed by atoms with van der Waals surface area (Å²) >= 11 is 1.51. The van der Waals surface area contributed by atoms with E-state index in [1.54, 1.807) is 11.9 Å². The zero-order chi connectivity index (χ0) is 16.4. The van der Waals surface area contributed by atoms with Gasteiger partial charge in [-0.25, -0.2) is 0 Å². The molecule has 1 aromatic rings. The molecule has 0 bridgehead atoms. The molecule has 1 heterocycles. The van der Waals surface area contributed by atoms with Gasteiger partial charge in [-0.2, -0.15) is 5.26 Å². The van der Waals surface area contributed by atoms with Gasteiger partial charge in [0.25, 0.3) is 0 Å². The lowest BCUT2D eigenvalue weighted by Gasteiger charge is -2.15. The minimum absolute atomic E-state index is 0.0457. The first kappa shape index (κ1) is 16.0. The number of carbonyl (C=O) groups is 2. The highest BCUT2D eigenvalue weighted by Crippen LogP contribution is 2.38. The van der Waals surface area contributed by atoms with Crippen LogP contribution < -0.4 is 10.6 Å². The second-order valence-electron chi connectivity index (χ2n) is 6.24. The Labute approximate surface area is 139 Å². The fraction of sp³-hybridized carbons (Fsp3) is 0.562. The second-order valence-corrected chi connectivity index (χ2v) is 7.34. The summed E-state index contributed by atoms with van der Waals surface area (Å²) in [4.78, 5) is 26.8. The first-order valence-corrected chi connectivity index (χ1v) is 8.71. The maximum absolute atomic E-state index is 12.1. The van der Waals surface area contributed by atoms with Gasteiger partial charge in [0, 0.05) is 10.9 Å². The molecule has 1 aromatic heterocycles. The largest absolute Gasteiger partial charge is 0.352 e. The van der Waals surface area contributed by atoms with E-state index < -0.39 is 0 Å². The van der Waals surface area contributed by atoms with Gasteiger partial charge in [0.2, 0.25) is 11.8 Å². The van der Waals surface area contributed by atoms with Crippen LogP contribution >= 0.6 is 11.3 Å². The Kier molecular flexibility index (Phi) is 4.64. The molecule has 0 saturated heterocycles. The molecule has 0 aromatic carbocycles. The Morgan fingerprint density at radius 1 is 1.30 bits per heavy atom. The molecule has 1 fully saturated rings. The number of hydrogen-bond donors (Lipinski definition) is 2. The number of carbonyl (C=O) groups excluding carboxylic acids is 2. The van der Waals surface area contributed by atoms with E-state index in [0.717, 1.165) is 37.7 Å². The summed E-state index contributed by atoms with van der Waals surface area (Å²) in [7, 11) is 1.74.